The lowest BCUT2D eigenvalue weighted by Gasteiger charge is -2.20. The summed E-state index contributed by atoms with van der Waals surface area (Å²) in [4.78, 5) is 15.3. The van der Waals surface area contributed by atoms with Crippen molar-refractivity contribution in [1.82, 2.24) is 19.9 Å². The summed E-state index contributed by atoms with van der Waals surface area (Å²) in [6.45, 7) is 5.32. The van der Waals surface area contributed by atoms with Crippen LogP contribution in [0, 0.1) is 6.92 Å². The highest BCUT2D eigenvalue weighted by molar-refractivity contribution is 5.95. The van der Waals surface area contributed by atoms with Gasteiger partial charge in [0.1, 0.15) is 36.4 Å². The van der Waals surface area contributed by atoms with Gasteiger partial charge in [0.15, 0.2) is 0 Å². The number of likely N-dealkylation sites (N-methyl/N-ethyl adjacent to an activating group) is 1. The molecule has 0 amide bonds. The van der Waals surface area contributed by atoms with E-state index in [-0.39, 0.29) is 6.10 Å². The van der Waals surface area contributed by atoms with Crippen LogP contribution >= 0.6 is 0 Å². The highest BCUT2D eigenvalue weighted by Gasteiger charge is 2.14. The largest absolute Gasteiger partial charge is 0.489 e. The molecule has 0 bridgehead atoms. The Balaban J connectivity index is 1.55. The van der Waals surface area contributed by atoms with Crippen molar-refractivity contribution in [1.29, 1.82) is 0 Å². The first kappa shape index (κ1) is 22.5. The van der Waals surface area contributed by atoms with Crippen LogP contribution < -0.4 is 14.8 Å². The van der Waals surface area contributed by atoms with Gasteiger partial charge < -0.3 is 19.7 Å². The summed E-state index contributed by atoms with van der Waals surface area (Å²) in [5, 5.41) is 4.29. The summed E-state index contributed by atoms with van der Waals surface area (Å²) in [5.41, 5.74) is 3.65. The Morgan fingerprint density at radius 2 is 1.85 bits per heavy atom. The van der Waals surface area contributed by atoms with Crippen molar-refractivity contribution in [3.63, 3.8) is 0 Å². The van der Waals surface area contributed by atoms with Gasteiger partial charge in [-0.3, -0.25) is 4.98 Å². The van der Waals surface area contributed by atoms with Gasteiger partial charge in [0, 0.05) is 18.4 Å². The zero-order chi connectivity index (χ0) is 23.2. The van der Waals surface area contributed by atoms with E-state index in [0.717, 1.165) is 45.9 Å². The van der Waals surface area contributed by atoms with Crippen molar-refractivity contribution < 1.29 is 9.47 Å². The molecule has 1 N–H and O–H groups in total. The van der Waals surface area contributed by atoms with E-state index in [0.29, 0.717) is 12.4 Å². The van der Waals surface area contributed by atoms with Crippen LogP contribution in [0.5, 0.6) is 11.5 Å². The van der Waals surface area contributed by atoms with E-state index in [1.807, 2.05) is 75.6 Å². The van der Waals surface area contributed by atoms with Crippen LogP contribution in [0.15, 0.2) is 67.1 Å². The van der Waals surface area contributed by atoms with Gasteiger partial charge in [-0.2, -0.15) is 0 Å². The molecule has 0 saturated carbocycles. The van der Waals surface area contributed by atoms with Crippen molar-refractivity contribution in [3.8, 4) is 11.5 Å². The molecule has 170 valence electrons. The van der Waals surface area contributed by atoms with Crippen molar-refractivity contribution in [2.45, 2.75) is 26.6 Å². The van der Waals surface area contributed by atoms with E-state index < -0.39 is 0 Å². The lowest BCUT2D eigenvalue weighted by molar-refractivity contribution is 0.179. The second-order valence-electron chi connectivity index (χ2n) is 8.28. The molecule has 0 aliphatic carbocycles. The summed E-state index contributed by atoms with van der Waals surface area (Å²) in [5.74, 6) is 2.28. The fourth-order valence-corrected chi connectivity index (χ4v) is 3.70. The summed E-state index contributed by atoms with van der Waals surface area (Å²) < 4.78 is 12.2. The number of benzene rings is 2. The van der Waals surface area contributed by atoms with Crippen molar-refractivity contribution in [2.75, 3.05) is 26.0 Å². The minimum absolute atomic E-state index is 0.0245. The first-order chi connectivity index (χ1) is 16.0. The summed E-state index contributed by atoms with van der Waals surface area (Å²) in [7, 11) is 4.07. The number of hydrogen-bond donors (Lipinski definition) is 1. The number of anilines is 2. The molecule has 2 heterocycles. The molecule has 0 aliphatic rings. The Bertz CT molecular complexity index is 1210. The van der Waals surface area contributed by atoms with Crippen LogP contribution in [0.25, 0.3) is 10.9 Å². The maximum absolute atomic E-state index is 6.25. The van der Waals surface area contributed by atoms with Gasteiger partial charge in [-0.05, 0) is 76.0 Å². The van der Waals surface area contributed by atoms with Gasteiger partial charge in [-0.25, -0.2) is 9.97 Å². The van der Waals surface area contributed by atoms with E-state index in [4.69, 9.17) is 9.47 Å². The first-order valence-electron chi connectivity index (χ1n) is 10.9. The Hall–Kier alpha value is -3.71. The number of nitrogens with zero attached hydrogens (tertiary/aromatic N) is 4. The molecular formula is C26H29N5O2. The number of aryl methyl sites for hydroxylation is 1. The van der Waals surface area contributed by atoms with Crippen LogP contribution in [0.1, 0.15) is 18.2 Å². The molecule has 1 atom stereocenters. The average Bonchev–Trinajstić information content (AvgIpc) is 2.79. The predicted octanol–water partition coefficient (Wildman–Crippen LogP) is 4.98. The molecule has 0 aliphatic heterocycles. The number of ether oxygens (including phenoxy) is 2. The van der Waals surface area contributed by atoms with Gasteiger partial charge >= 0.3 is 0 Å². The number of hydrogen-bond acceptors (Lipinski definition) is 7. The molecule has 0 fully saturated rings. The Morgan fingerprint density at radius 3 is 2.61 bits per heavy atom. The third-order valence-corrected chi connectivity index (χ3v) is 5.11. The maximum Gasteiger partial charge on any atom is 0.145 e. The fraction of sp³-hybridized carbons (Fsp3) is 0.269. The second-order valence-corrected chi connectivity index (χ2v) is 8.28. The highest BCUT2D eigenvalue weighted by Crippen LogP contribution is 2.33. The number of pyridine rings is 1. The third-order valence-electron chi connectivity index (χ3n) is 5.11. The van der Waals surface area contributed by atoms with Gasteiger partial charge in [-0.1, -0.05) is 12.1 Å². The van der Waals surface area contributed by atoms with Gasteiger partial charge in [-0.15, -0.1) is 0 Å². The predicted molar refractivity (Wildman–Crippen MR) is 131 cm³/mol. The molecule has 0 unspecified atom stereocenters. The number of nitrogens with one attached hydrogen (secondary N) is 1. The molecule has 2 aromatic heterocycles. The molecule has 0 saturated heterocycles. The van der Waals surface area contributed by atoms with Crippen molar-refractivity contribution >= 4 is 22.4 Å². The number of rotatable bonds is 9. The Morgan fingerprint density at radius 1 is 0.970 bits per heavy atom. The SMILES string of the molecule is Cc1cc(Nc2ncnc3cccc(O[C@H](C)CN(C)C)c23)ccc1OCc1ccccn1. The quantitative estimate of drug-likeness (QED) is 0.391. The van der Waals surface area contributed by atoms with Gasteiger partial charge in [0.25, 0.3) is 0 Å². The minimum Gasteiger partial charge on any atom is -0.489 e. The van der Waals surface area contributed by atoms with Crippen LogP contribution in [0.2, 0.25) is 0 Å². The van der Waals surface area contributed by atoms with Gasteiger partial charge in [0.2, 0.25) is 0 Å². The molecule has 7 nitrogen and oxygen atoms in total. The average molecular weight is 444 g/mol. The fourth-order valence-electron chi connectivity index (χ4n) is 3.70. The van der Waals surface area contributed by atoms with E-state index in [9.17, 15) is 0 Å². The highest BCUT2D eigenvalue weighted by atomic mass is 16.5. The summed E-state index contributed by atoms with van der Waals surface area (Å²) in [6, 6.07) is 17.7. The second kappa shape index (κ2) is 10.3. The van der Waals surface area contributed by atoms with E-state index >= 15 is 0 Å². The molecule has 7 heteroatoms. The molecule has 0 spiro atoms. The number of aromatic nitrogens is 3. The maximum atomic E-state index is 6.25. The summed E-state index contributed by atoms with van der Waals surface area (Å²) in [6.07, 6.45) is 3.36. The lowest BCUT2D eigenvalue weighted by Crippen LogP contribution is -2.28. The molecule has 33 heavy (non-hydrogen) atoms. The monoisotopic (exact) mass is 443 g/mol. The lowest BCUT2D eigenvalue weighted by atomic mass is 10.1. The van der Waals surface area contributed by atoms with Crippen LogP contribution in [0.3, 0.4) is 0 Å². The minimum atomic E-state index is 0.0245. The van der Waals surface area contributed by atoms with Crippen molar-refractivity contribution in [3.05, 3.63) is 78.4 Å². The first-order valence-corrected chi connectivity index (χ1v) is 10.9. The third kappa shape index (κ3) is 5.75. The normalized spacial score (nSPS) is 12.0. The molecule has 0 radical (unpaired) electrons. The molecule has 2 aromatic carbocycles. The topological polar surface area (TPSA) is 72.4 Å². The number of fused-ring (bicyclic) bond motifs is 1. The van der Waals surface area contributed by atoms with Crippen LogP contribution in [-0.2, 0) is 6.61 Å². The Labute approximate surface area is 194 Å². The smallest absolute Gasteiger partial charge is 0.145 e. The van der Waals surface area contributed by atoms with E-state index in [1.165, 1.54) is 0 Å². The Kier molecular flexibility index (Phi) is 7.00. The van der Waals surface area contributed by atoms with E-state index in [1.54, 1.807) is 12.5 Å². The van der Waals surface area contributed by atoms with Gasteiger partial charge in [0.05, 0.1) is 16.6 Å². The zero-order valence-electron chi connectivity index (χ0n) is 19.4. The zero-order valence-corrected chi connectivity index (χ0v) is 19.4. The van der Waals surface area contributed by atoms with Crippen LogP contribution in [0.4, 0.5) is 11.5 Å². The van der Waals surface area contributed by atoms with Crippen LogP contribution in [-0.4, -0.2) is 46.6 Å². The standard InChI is InChI=1S/C26H29N5O2/c1-18-14-20(11-12-23(18)32-16-21-8-5-6-13-27-21)30-26-25-22(28-17-29-26)9-7-10-24(25)33-19(2)15-31(3)4/h5-14,17,19H,15-16H2,1-4H3,(H,28,29,30)/t19-/m1/s1. The molecule has 4 rings (SSSR count). The van der Waals surface area contributed by atoms with Crippen molar-refractivity contribution in [2.24, 2.45) is 0 Å². The molecular weight excluding hydrogens is 414 g/mol. The summed E-state index contributed by atoms with van der Waals surface area (Å²) >= 11 is 0. The molecule has 4 aromatic rings. The van der Waals surface area contributed by atoms with E-state index in [2.05, 4.69) is 32.1 Å².